The second-order valence-corrected chi connectivity index (χ2v) is 5.96. The van der Waals surface area contributed by atoms with Gasteiger partial charge < -0.3 is 0 Å². The molecule has 5 nitrogen and oxygen atoms in total. The maximum absolute atomic E-state index is 11.9. The summed E-state index contributed by atoms with van der Waals surface area (Å²) < 4.78 is 4.27. The van der Waals surface area contributed by atoms with E-state index in [2.05, 4.69) is 32.0 Å². The van der Waals surface area contributed by atoms with Gasteiger partial charge in [-0.2, -0.15) is 0 Å². The molecule has 0 heterocycles. The van der Waals surface area contributed by atoms with Crippen molar-refractivity contribution in [3.8, 4) is 0 Å². The van der Waals surface area contributed by atoms with Crippen molar-refractivity contribution in [2.75, 3.05) is 0 Å². The van der Waals surface area contributed by atoms with E-state index in [1.54, 1.807) is 0 Å². The van der Waals surface area contributed by atoms with Crippen LogP contribution in [0.25, 0.3) is 0 Å². The summed E-state index contributed by atoms with van der Waals surface area (Å²) in [5, 5.41) is 0. The van der Waals surface area contributed by atoms with Gasteiger partial charge in [-0.25, -0.2) is 0 Å². The molecule has 0 spiro atoms. The van der Waals surface area contributed by atoms with Crippen LogP contribution in [0.15, 0.2) is 48.5 Å². The van der Waals surface area contributed by atoms with Crippen LogP contribution in [-0.2, 0) is 4.74 Å². The molecule has 0 saturated carbocycles. The van der Waals surface area contributed by atoms with Gasteiger partial charge in [0.2, 0.25) is 0 Å². The van der Waals surface area contributed by atoms with Gasteiger partial charge in [0.1, 0.15) is 0 Å². The van der Waals surface area contributed by atoms with Crippen molar-refractivity contribution in [2.45, 2.75) is 0 Å². The first-order chi connectivity index (χ1) is 10.9. The predicted molar refractivity (Wildman–Crippen MR) is 82.8 cm³/mol. The number of carbonyl (C=O) groups excluding carboxylic acids is 4. The Morgan fingerprint density at radius 3 is 1.09 bits per heavy atom. The second kappa shape index (κ2) is 7.49. The Balaban J connectivity index is 2.08. The molecule has 0 aliphatic rings. The average molecular weight is 438 g/mol. The molecular formula is C16H8O5Se2. The zero-order valence-corrected chi connectivity index (χ0v) is 14.9. The molecule has 114 valence electrons. The fourth-order valence-electron chi connectivity index (χ4n) is 1.69. The average Bonchev–Trinajstić information content (AvgIpc) is 2.54. The summed E-state index contributed by atoms with van der Waals surface area (Å²) in [6.45, 7) is 0. The number of rotatable bonds is 4. The Kier molecular flexibility index (Phi) is 5.63. The molecule has 2 radical (unpaired) electrons. The van der Waals surface area contributed by atoms with Crippen molar-refractivity contribution in [1.82, 2.24) is 0 Å². The van der Waals surface area contributed by atoms with Crippen LogP contribution in [0.1, 0.15) is 41.4 Å². The van der Waals surface area contributed by atoms with Crippen LogP contribution in [0.2, 0.25) is 0 Å². The summed E-state index contributed by atoms with van der Waals surface area (Å²) in [5.74, 6) is -1.64. The Hall–Kier alpha value is -2.04. The predicted octanol–water partition coefficient (Wildman–Crippen LogP) is 1.30. The minimum atomic E-state index is -0.821. The van der Waals surface area contributed by atoms with E-state index in [-0.39, 0.29) is 20.5 Å². The normalized spacial score (nSPS) is 9.91. The quantitative estimate of drug-likeness (QED) is 0.409. The molecule has 2 aromatic rings. The van der Waals surface area contributed by atoms with Crippen LogP contribution in [-0.4, -0.2) is 53.3 Å². The maximum atomic E-state index is 11.9. The monoisotopic (exact) mass is 440 g/mol. The number of benzene rings is 2. The van der Waals surface area contributed by atoms with E-state index in [4.69, 9.17) is 4.74 Å². The molecule has 2 aromatic carbocycles. The Labute approximate surface area is 148 Å². The molecule has 0 N–H and O–H groups in total. The van der Waals surface area contributed by atoms with Crippen LogP contribution < -0.4 is 0 Å². The van der Waals surface area contributed by atoms with Crippen LogP contribution in [0, 0.1) is 0 Å². The third-order valence-corrected chi connectivity index (χ3v) is 3.89. The third kappa shape index (κ3) is 4.47. The van der Waals surface area contributed by atoms with Gasteiger partial charge in [-0.1, -0.05) is 0 Å². The molecule has 0 aliphatic heterocycles. The van der Waals surface area contributed by atoms with E-state index in [1.165, 1.54) is 48.5 Å². The van der Waals surface area contributed by atoms with Gasteiger partial charge in [0.15, 0.2) is 0 Å². The molecule has 0 fully saturated rings. The van der Waals surface area contributed by atoms with Crippen LogP contribution in [0.5, 0.6) is 0 Å². The van der Waals surface area contributed by atoms with Crippen LogP contribution in [0.4, 0.5) is 0 Å². The summed E-state index contributed by atoms with van der Waals surface area (Å²) >= 11 is 4.67. The topological polar surface area (TPSA) is 77.5 Å². The zero-order valence-electron chi connectivity index (χ0n) is 11.5. The van der Waals surface area contributed by atoms with Gasteiger partial charge in [-0.05, 0) is 0 Å². The first-order valence-corrected chi connectivity index (χ1v) is 7.99. The molecule has 7 heteroatoms. The summed E-state index contributed by atoms with van der Waals surface area (Å²) in [5.41, 5.74) is 1.12. The van der Waals surface area contributed by atoms with Crippen LogP contribution >= 0.6 is 0 Å². The van der Waals surface area contributed by atoms with E-state index < -0.39 is 11.9 Å². The molecule has 0 aromatic heterocycles. The van der Waals surface area contributed by atoms with Gasteiger partial charge in [0.05, 0.1) is 0 Å². The number of esters is 2. The van der Waals surface area contributed by atoms with Crippen molar-refractivity contribution >= 4 is 53.3 Å². The Morgan fingerprint density at radius 2 is 0.826 bits per heavy atom. The molecule has 0 aliphatic carbocycles. The zero-order chi connectivity index (χ0) is 17.0. The molecule has 23 heavy (non-hydrogen) atoms. The molecule has 0 saturated heterocycles. The molecule has 0 bridgehead atoms. The van der Waals surface area contributed by atoms with E-state index in [0.717, 1.165) is 0 Å². The minimum absolute atomic E-state index is 0.151. The summed E-state index contributed by atoms with van der Waals surface area (Å²) in [7, 11) is 0. The molecular weight excluding hydrogens is 430 g/mol. The van der Waals surface area contributed by atoms with E-state index >= 15 is 0 Å². The summed E-state index contributed by atoms with van der Waals surface area (Å²) in [4.78, 5) is 46.0. The van der Waals surface area contributed by atoms with E-state index in [0.29, 0.717) is 11.1 Å². The number of hydrogen-bond acceptors (Lipinski definition) is 5. The number of ether oxygens (including phenoxy) is 1. The fraction of sp³-hybridized carbons (Fsp3) is 0. The van der Waals surface area contributed by atoms with Gasteiger partial charge in [0.25, 0.3) is 0 Å². The molecule has 0 atom stereocenters. The molecule has 2 rings (SSSR count). The fourth-order valence-corrected chi connectivity index (χ4v) is 2.26. The SMILES string of the molecule is O=C([Se])c1ccc(C(=O)OC(=O)c2ccc(C(=O)[Se])cc2)cc1. The van der Waals surface area contributed by atoms with Gasteiger partial charge >= 0.3 is 148 Å². The first kappa shape index (κ1) is 17.3. The van der Waals surface area contributed by atoms with Crippen molar-refractivity contribution in [1.29, 1.82) is 0 Å². The second-order valence-electron chi connectivity index (χ2n) is 4.41. The van der Waals surface area contributed by atoms with Gasteiger partial charge in [-0.3, -0.25) is 0 Å². The number of hydrogen-bond donors (Lipinski definition) is 0. The van der Waals surface area contributed by atoms with Gasteiger partial charge in [0, 0.05) is 0 Å². The van der Waals surface area contributed by atoms with Crippen molar-refractivity contribution < 1.29 is 23.9 Å². The van der Waals surface area contributed by atoms with Crippen molar-refractivity contribution in [2.24, 2.45) is 0 Å². The Morgan fingerprint density at radius 1 is 0.565 bits per heavy atom. The summed E-state index contributed by atoms with van der Waals surface area (Å²) in [6.07, 6.45) is 0. The first-order valence-electron chi connectivity index (χ1n) is 6.28. The van der Waals surface area contributed by atoms with Crippen molar-refractivity contribution in [3.05, 3.63) is 70.8 Å². The third-order valence-electron chi connectivity index (χ3n) is 2.90. The molecule has 0 unspecified atom stereocenters. The van der Waals surface area contributed by atoms with Crippen molar-refractivity contribution in [3.63, 3.8) is 0 Å². The van der Waals surface area contributed by atoms with Crippen LogP contribution in [0.3, 0.4) is 0 Å². The standard InChI is InChI=1S/C16H8O5Se2/c17-13(9-1-5-11(6-2-9)15(19)22)21-14(18)10-3-7-12(8-4-10)16(20)23/h1-8H. The van der Waals surface area contributed by atoms with E-state index in [9.17, 15) is 19.2 Å². The number of carbonyl (C=O) groups is 4. The summed E-state index contributed by atoms with van der Waals surface area (Å²) in [6, 6.07) is 11.4. The Bertz CT molecular complexity index is 712. The van der Waals surface area contributed by atoms with E-state index in [1.807, 2.05) is 0 Å². The molecule has 0 amide bonds. The van der Waals surface area contributed by atoms with Gasteiger partial charge in [-0.15, -0.1) is 0 Å².